The van der Waals surface area contributed by atoms with Gasteiger partial charge < -0.3 is 119 Å². The van der Waals surface area contributed by atoms with E-state index >= 15 is 0 Å². The molecule has 5 atom stereocenters. The van der Waals surface area contributed by atoms with Gasteiger partial charge in [0.1, 0.15) is 12.7 Å². The molecule has 400 valence electrons. The number of hydrogen-bond donors (Lipinski definition) is 17. The lowest BCUT2D eigenvalue weighted by atomic mass is 9.87. The Bertz CT molecular complexity index is 4240. The maximum Gasteiger partial charge on any atom is 0.345 e. The zero-order valence-corrected chi connectivity index (χ0v) is 37.8. The molecule has 12 rings (SSSR count). The lowest BCUT2D eigenvalue weighted by Gasteiger charge is -2.43. The summed E-state index contributed by atoms with van der Waals surface area (Å²) < 4.78 is 38.5. The van der Waals surface area contributed by atoms with Crippen LogP contribution in [-0.4, -0.2) is 148 Å². The summed E-state index contributed by atoms with van der Waals surface area (Å²) in [4.78, 5) is 86.7. The quantitative estimate of drug-likeness (QED) is 0.0339. The third-order valence-electron chi connectivity index (χ3n) is 13.2. The molecule has 4 aliphatic heterocycles. The number of aromatic hydroxyl groups is 16. The molecule has 6 aromatic carbocycles. The first-order valence-electron chi connectivity index (χ1n) is 21.7. The predicted octanol–water partition coefficient (Wildman–Crippen LogP) is 1.96. The third-order valence-corrected chi connectivity index (χ3v) is 13.2. The van der Waals surface area contributed by atoms with Crippen molar-refractivity contribution in [1.82, 2.24) is 0 Å². The molecule has 0 saturated carbocycles. The summed E-state index contributed by atoms with van der Waals surface area (Å²) >= 11 is 0. The van der Waals surface area contributed by atoms with Crippen LogP contribution >= 0.6 is 0 Å². The maximum atomic E-state index is 14.8. The molecule has 8 aromatic rings. The van der Waals surface area contributed by atoms with Crippen molar-refractivity contribution in [2.24, 2.45) is 0 Å². The van der Waals surface area contributed by atoms with Crippen molar-refractivity contribution in [2.75, 3.05) is 6.61 Å². The van der Waals surface area contributed by atoms with Crippen LogP contribution in [-0.2, 0) is 23.7 Å². The monoisotopic (exact) mass is 1080 g/mol. The molecule has 2 aromatic heterocycles. The Hall–Kier alpha value is -11.1. The Kier molecular flexibility index (Phi) is 10.3. The van der Waals surface area contributed by atoms with Crippen molar-refractivity contribution in [3.8, 4) is 125 Å². The Morgan fingerprint density at radius 2 is 0.654 bits per heavy atom. The van der Waals surface area contributed by atoms with Gasteiger partial charge in [0.15, 0.2) is 93.3 Å². The normalized spacial score (nSPS) is 19.3. The number of hydrogen-bond acceptors (Lipinski definition) is 30. The fourth-order valence-corrected chi connectivity index (χ4v) is 9.72. The number of aliphatic hydroxyl groups excluding tert-OH is 1. The van der Waals surface area contributed by atoms with E-state index in [4.69, 9.17) is 32.5 Å². The number of phenolic OH excluding ortho intramolecular Hbond substituents is 16. The van der Waals surface area contributed by atoms with Crippen LogP contribution in [0.15, 0.2) is 42.7 Å². The van der Waals surface area contributed by atoms with Gasteiger partial charge in [-0.2, -0.15) is 0 Å². The van der Waals surface area contributed by atoms with E-state index in [1.165, 1.54) is 0 Å². The molecule has 78 heavy (non-hydrogen) atoms. The van der Waals surface area contributed by atoms with Gasteiger partial charge in [-0.3, -0.25) is 0 Å². The minimum Gasteiger partial charge on any atom is -0.504 e. The maximum absolute atomic E-state index is 14.8. The van der Waals surface area contributed by atoms with Gasteiger partial charge in [-0.1, -0.05) is 0 Å². The number of esters is 4. The molecule has 0 amide bonds. The number of carbonyl (C=O) groups excluding carboxylic acids is 4. The first-order chi connectivity index (χ1) is 36.8. The lowest BCUT2D eigenvalue weighted by Crippen LogP contribution is -2.62. The molecule has 4 aliphatic rings. The van der Waals surface area contributed by atoms with Crippen LogP contribution in [0.1, 0.15) is 41.4 Å². The summed E-state index contributed by atoms with van der Waals surface area (Å²) in [6.45, 7) is -1.43. The second kappa shape index (κ2) is 16.4. The average molecular weight is 1080 g/mol. The van der Waals surface area contributed by atoms with Crippen LogP contribution in [0.25, 0.3) is 66.1 Å². The average Bonchev–Trinajstić information content (AvgIpc) is 2.67. The molecule has 8 bridgehead atoms. The third kappa shape index (κ3) is 6.49. The molecule has 0 radical (unpaired) electrons. The van der Waals surface area contributed by atoms with Crippen LogP contribution in [0.5, 0.6) is 92.0 Å². The summed E-state index contributed by atoms with van der Waals surface area (Å²) in [6.07, 6.45) is -12.9. The molecule has 0 spiro atoms. The van der Waals surface area contributed by atoms with E-state index in [-0.39, 0.29) is 6.07 Å². The first kappa shape index (κ1) is 49.1. The standard InChI is InChI=1S/C48H28O30/c49-10-1-6-17(31(59)27(10)55)19-23-21-22-24(47(70)76-38(21)35(63)33(19)61)20(34(62)36(64)39(22)75-46(23)69)18-9(4-13(52)28(56)32(18)60)45(68)78-41-40-37(14(73-48(41)71)5-72-42(6)65)74-43(66)7-2-11(50)25(53)29(57)15(7)16-8(44(67)77-40)3-12(51)26(54)30(16)58/h1-4,14,37,40-41,48-64,71H,5H2. The fourth-order valence-electron chi connectivity index (χ4n) is 9.72. The van der Waals surface area contributed by atoms with Gasteiger partial charge in [-0.05, 0) is 24.3 Å². The van der Waals surface area contributed by atoms with Crippen LogP contribution in [0.4, 0.5) is 0 Å². The van der Waals surface area contributed by atoms with Crippen molar-refractivity contribution in [3.63, 3.8) is 0 Å². The number of aliphatic hydroxyl groups is 1. The smallest absolute Gasteiger partial charge is 0.345 e. The summed E-state index contributed by atoms with van der Waals surface area (Å²) in [5.74, 6) is -31.4. The van der Waals surface area contributed by atoms with E-state index in [9.17, 15) is 116 Å². The highest BCUT2D eigenvalue weighted by Crippen LogP contribution is 2.59. The summed E-state index contributed by atoms with van der Waals surface area (Å²) in [7, 11) is 0. The molecular formula is C48H28O30. The number of carbonyl (C=O) groups is 4. The molecule has 17 N–H and O–H groups in total. The van der Waals surface area contributed by atoms with Crippen molar-refractivity contribution in [1.29, 1.82) is 0 Å². The van der Waals surface area contributed by atoms with Gasteiger partial charge in [0.05, 0.1) is 33.0 Å². The van der Waals surface area contributed by atoms with Crippen LogP contribution in [0.3, 0.4) is 0 Å². The van der Waals surface area contributed by atoms with E-state index in [1.54, 1.807) is 0 Å². The Balaban J connectivity index is 1.25. The summed E-state index contributed by atoms with van der Waals surface area (Å²) in [6, 6.07) is 1.38. The lowest BCUT2D eigenvalue weighted by molar-refractivity contribution is -0.284. The molecule has 5 unspecified atom stereocenters. The van der Waals surface area contributed by atoms with Gasteiger partial charge in [0.25, 0.3) is 0 Å². The Labute approximate surface area is 424 Å². The molecule has 1 fully saturated rings. The van der Waals surface area contributed by atoms with Gasteiger partial charge in [-0.25, -0.2) is 28.8 Å². The van der Waals surface area contributed by atoms with E-state index in [1.807, 2.05) is 0 Å². The minimum absolute atomic E-state index is 0.282. The van der Waals surface area contributed by atoms with Crippen molar-refractivity contribution in [3.05, 3.63) is 67.4 Å². The number of rotatable bonds is 0. The summed E-state index contributed by atoms with van der Waals surface area (Å²) in [5, 5.41) is 185. The second-order valence-electron chi connectivity index (χ2n) is 17.4. The Morgan fingerprint density at radius 1 is 0.346 bits per heavy atom. The van der Waals surface area contributed by atoms with Gasteiger partial charge >= 0.3 is 35.1 Å². The minimum atomic E-state index is -2.77. The van der Waals surface area contributed by atoms with E-state index in [2.05, 4.69) is 0 Å². The van der Waals surface area contributed by atoms with Crippen molar-refractivity contribution in [2.45, 2.75) is 30.7 Å². The highest BCUT2D eigenvalue weighted by atomic mass is 16.7. The molecule has 30 heteroatoms. The van der Waals surface area contributed by atoms with Gasteiger partial charge in [0, 0.05) is 44.2 Å². The first-order valence-corrected chi connectivity index (χ1v) is 21.7. The predicted molar refractivity (Wildman–Crippen MR) is 245 cm³/mol. The van der Waals surface area contributed by atoms with Crippen LogP contribution < -0.4 is 11.3 Å². The SMILES string of the molecule is O=C1OC2C3COC(=O)c4cc(O)c(O)c(O)c4-c4c(O)c(O)c5oc(=O)c6c(c(O)c(O)c7oc(=O)c4c5c76)-c4c(cc(O)c(O)c4O)C(=O)OC(C(O)O3)C2OC(=O)c2cc(O)c(O)c(O)c2-c2c1cc(O)c(O)c2O. The van der Waals surface area contributed by atoms with Crippen LogP contribution in [0, 0.1) is 0 Å². The van der Waals surface area contributed by atoms with Crippen molar-refractivity contribution < 1.29 is 139 Å². The number of benzene rings is 6. The fraction of sp³-hybridized carbons (Fsp3) is 0.125. The van der Waals surface area contributed by atoms with E-state index < -0.39 is 253 Å². The van der Waals surface area contributed by atoms with Gasteiger partial charge in [-0.15, -0.1) is 0 Å². The Morgan fingerprint density at radius 3 is 1.03 bits per heavy atom. The number of fused-ring (bicyclic) bond motifs is 7. The second-order valence-corrected chi connectivity index (χ2v) is 17.4. The van der Waals surface area contributed by atoms with Gasteiger partial charge in [0.2, 0.25) is 34.5 Å². The number of ether oxygens (including phenoxy) is 5. The van der Waals surface area contributed by atoms with Crippen LogP contribution in [0.2, 0.25) is 0 Å². The molecule has 0 aliphatic carbocycles. The summed E-state index contributed by atoms with van der Waals surface area (Å²) in [5.41, 5.74) is -18.1. The molecular weight excluding hydrogens is 1060 g/mol. The molecule has 30 nitrogen and oxygen atoms in total. The topological polar surface area (TPSA) is 519 Å². The number of phenols is 16. The van der Waals surface area contributed by atoms with Crippen molar-refractivity contribution >= 4 is 56.6 Å². The van der Waals surface area contributed by atoms with E-state index in [0.717, 1.165) is 0 Å². The molecule has 6 heterocycles. The van der Waals surface area contributed by atoms with E-state index in [0.29, 0.717) is 18.2 Å². The highest BCUT2D eigenvalue weighted by Gasteiger charge is 2.54. The molecule has 1 saturated heterocycles. The highest BCUT2D eigenvalue weighted by molar-refractivity contribution is 6.29. The largest absolute Gasteiger partial charge is 0.504 e. The zero-order valence-electron chi connectivity index (χ0n) is 37.8. The zero-order chi connectivity index (χ0) is 56.3.